The molecule has 1 amide bonds. The van der Waals surface area contributed by atoms with Gasteiger partial charge in [0.05, 0.1) is 18.4 Å². The van der Waals surface area contributed by atoms with Crippen molar-refractivity contribution in [3.8, 4) is 5.69 Å². The van der Waals surface area contributed by atoms with E-state index in [0.717, 1.165) is 12.1 Å². The molecule has 3 rings (SSSR count). The summed E-state index contributed by atoms with van der Waals surface area (Å²) >= 11 is 0. The van der Waals surface area contributed by atoms with Gasteiger partial charge in [-0.25, -0.2) is 4.68 Å². The summed E-state index contributed by atoms with van der Waals surface area (Å²) < 4.78 is 7.45. The third-order valence-electron chi connectivity index (χ3n) is 4.50. The summed E-state index contributed by atoms with van der Waals surface area (Å²) in [5.41, 5.74) is 1.42. The van der Waals surface area contributed by atoms with Crippen LogP contribution in [0.3, 0.4) is 0 Å². The summed E-state index contributed by atoms with van der Waals surface area (Å²) in [6.07, 6.45) is 6.77. The van der Waals surface area contributed by atoms with Gasteiger partial charge in [0.2, 0.25) is 0 Å². The Hall–Kier alpha value is -2.28. The lowest BCUT2D eigenvalue weighted by Gasteiger charge is -2.28. The third-order valence-corrected chi connectivity index (χ3v) is 4.50. The number of hydrogen-bond acceptors (Lipinski definition) is 5. The van der Waals surface area contributed by atoms with Crippen molar-refractivity contribution in [3.63, 3.8) is 0 Å². The molecule has 1 heterocycles. The van der Waals surface area contributed by atoms with E-state index in [-0.39, 0.29) is 5.91 Å². The molecule has 1 aliphatic carbocycles. The van der Waals surface area contributed by atoms with E-state index in [9.17, 15) is 4.79 Å². The number of nitrogens with zero attached hydrogens (tertiary/aromatic N) is 4. The van der Waals surface area contributed by atoms with Gasteiger partial charge in [-0.15, -0.1) is 5.10 Å². The van der Waals surface area contributed by atoms with E-state index in [1.54, 1.807) is 16.8 Å². The van der Waals surface area contributed by atoms with E-state index in [0.29, 0.717) is 30.7 Å². The van der Waals surface area contributed by atoms with Crippen molar-refractivity contribution < 1.29 is 9.53 Å². The molecule has 7 nitrogen and oxygen atoms in total. The van der Waals surface area contributed by atoms with E-state index < -0.39 is 0 Å². The van der Waals surface area contributed by atoms with Gasteiger partial charge in [-0.2, -0.15) is 0 Å². The molecule has 1 fully saturated rings. The lowest BCUT2D eigenvalue weighted by molar-refractivity contribution is -0.00293. The van der Waals surface area contributed by atoms with Crippen LogP contribution in [0.25, 0.3) is 5.69 Å². The molecule has 2 atom stereocenters. The van der Waals surface area contributed by atoms with Crippen LogP contribution in [0, 0.1) is 5.92 Å². The molecule has 0 bridgehead atoms. The molecule has 0 aliphatic heterocycles. The van der Waals surface area contributed by atoms with Crippen LogP contribution in [0.4, 0.5) is 0 Å². The van der Waals surface area contributed by atoms with Gasteiger partial charge in [0.15, 0.2) is 0 Å². The molecular weight excluding hydrogens is 306 g/mol. The number of ether oxygens (including phenoxy) is 1. The number of aromatic nitrogens is 4. The molecule has 0 saturated heterocycles. The molecule has 0 spiro atoms. The quantitative estimate of drug-likeness (QED) is 0.820. The second-order valence-corrected chi connectivity index (χ2v) is 6.23. The van der Waals surface area contributed by atoms with Crippen molar-refractivity contribution in [1.82, 2.24) is 25.5 Å². The zero-order valence-corrected chi connectivity index (χ0v) is 13.9. The molecule has 24 heavy (non-hydrogen) atoms. The van der Waals surface area contributed by atoms with Crippen LogP contribution in [-0.4, -0.2) is 45.4 Å². The Kier molecular flexibility index (Phi) is 5.53. The van der Waals surface area contributed by atoms with E-state index in [1.807, 2.05) is 12.1 Å². The van der Waals surface area contributed by atoms with Crippen molar-refractivity contribution in [3.05, 3.63) is 36.2 Å². The van der Waals surface area contributed by atoms with Crippen molar-refractivity contribution in [2.24, 2.45) is 5.92 Å². The highest BCUT2D eigenvalue weighted by Gasteiger charge is 2.21. The van der Waals surface area contributed by atoms with Crippen molar-refractivity contribution in [2.45, 2.75) is 38.7 Å². The fraction of sp³-hybridized carbons (Fsp3) is 0.529. The third kappa shape index (κ3) is 4.17. The van der Waals surface area contributed by atoms with Crippen LogP contribution in [0.1, 0.15) is 43.0 Å². The van der Waals surface area contributed by atoms with Gasteiger partial charge in [-0.1, -0.05) is 19.8 Å². The number of rotatable bonds is 6. The van der Waals surface area contributed by atoms with Gasteiger partial charge in [0.1, 0.15) is 6.33 Å². The average Bonchev–Trinajstić information content (AvgIpc) is 3.15. The number of amides is 1. The Labute approximate surface area is 141 Å². The molecule has 0 unspecified atom stereocenters. The van der Waals surface area contributed by atoms with Gasteiger partial charge >= 0.3 is 0 Å². The van der Waals surface area contributed by atoms with Crippen molar-refractivity contribution in [2.75, 3.05) is 13.2 Å². The van der Waals surface area contributed by atoms with Crippen LogP contribution >= 0.6 is 0 Å². The molecule has 1 N–H and O–H groups in total. The monoisotopic (exact) mass is 329 g/mol. The highest BCUT2D eigenvalue weighted by molar-refractivity contribution is 5.94. The minimum Gasteiger partial charge on any atom is -0.376 e. The molecule has 0 radical (unpaired) electrons. The molecule has 1 aromatic carbocycles. The van der Waals surface area contributed by atoms with Crippen LogP contribution in [-0.2, 0) is 4.74 Å². The van der Waals surface area contributed by atoms with Gasteiger partial charge in [-0.05, 0) is 53.5 Å². The fourth-order valence-electron chi connectivity index (χ4n) is 3.05. The Balaban J connectivity index is 1.43. The number of carbonyl (C=O) groups is 1. The molecule has 1 saturated carbocycles. The lowest BCUT2D eigenvalue weighted by atomic mass is 9.88. The Morgan fingerprint density at radius 3 is 2.79 bits per heavy atom. The van der Waals surface area contributed by atoms with Crippen molar-refractivity contribution >= 4 is 5.91 Å². The Morgan fingerprint density at radius 1 is 1.29 bits per heavy atom. The predicted octanol–water partition coefficient (Wildman–Crippen LogP) is 1.99. The van der Waals surface area contributed by atoms with Gasteiger partial charge < -0.3 is 10.1 Å². The standard InChI is InChI=1S/C17H23N5O2/c1-13-4-2-3-5-16(13)24-11-10-18-17(23)14-6-8-15(9-7-14)22-12-19-20-21-22/h6-9,12-13,16H,2-5,10-11H2,1H3,(H,18,23)/t13-,16+/m1/s1. The van der Waals surface area contributed by atoms with Crippen LogP contribution in [0.5, 0.6) is 0 Å². The van der Waals surface area contributed by atoms with Crippen LogP contribution in [0.15, 0.2) is 30.6 Å². The summed E-state index contributed by atoms with van der Waals surface area (Å²) in [5, 5.41) is 13.9. The maximum Gasteiger partial charge on any atom is 0.251 e. The number of nitrogens with one attached hydrogen (secondary N) is 1. The highest BCUT2D eigenvalue weighted by atomic mass is 16.5. The van der Waals surface area contributed by atoms with Crippen LogP contribution < -0.4 is 5.32 Å². The minimum absolute atomic E-state index is 0.0986. The first-order valence-corrected chi connectivity index (χ1v) is 8.47. The summed E-state index contributed by atoms with van der Waals surface area (Å²) in [4.78, 5) is 12.1. The van der Waals surface area contributed by atoms with E-state index >= 15 is 0 Å². The molecule has 128 valence electrons. The number of hydrogen-bond donors (Lipinski definition) is 1. The van der Waals surface area contributed by atoms with Crippen molar-refractivity contribution in [1.29, 1.82) is 0 Å². The first kappa shape index (κ1) is 16.6. The van der Waals surface area contributed by atoms with E-state index in [2.05, 4.69) is 27.8 Å². The summed E-state index contributed by atoms with van der Waals surface area (Å²) in [6, 6.07) is 7.14. The number of benzene rings is 1. The topological polar surface area (TPSA) is 81.9 Å². The first-order chi connectivity index (χ1) is 11.7. The molecule has 7 heteroatoms. The van der Waals surface area contributed by atoms with Gasteiger partial charge in [0, 0.05) is 12.1 Å². The molecule has 1 aliphatic rings. The second kappa shape index (κ2) is 8.01. The first-order valence-electron chi connectivity index (χ1n) is 8.47. The molecule has 2 aromatic rings. The average molecular weight is 329 g/mol. The van der Waals surface area contributed by atoms with Gasteiger partial charge in [-0.3, -0.25) is 4.79 Å². The minimum atomic E-state index is -0.0986. The smallest absolute Gasteiger partial charge is 0.251 e. The van der Waals surface area contributed by atoms with Crippen LogP contribution in [0.2, 0.25) is 0 Å². The number of carbonyl (C=O) groups excluding carboxylic acids is 1. The maximum atomic E-state index is 12.1. The summed E-state index contributed by atoms with van der Waals surface area (Å²) in [7, 11) is 0. The highest BCUT2D eigenvalue weighted by Crippen LogP contribution is 2.25. The number of tetrazole rings is 1. The normalized spacial score (nSPS) is 20.7. The lowest BCUT2D eigenvalue weighted by Crippen LogP contribution is -2.31. The summed E-state index contributed by atoms with van der Waals surface area (Å²) in [5.74, 6) is 0.520. The second-order valence-electron chi connectivity index (χ2n) is 6.23. The zero-order chi connectivity index (χ0) is 16.8. The van der Waals surface area contributed by atoms with E-state index in [4.69, 9.17) is 4.74 Å². The largest absolute Gasteiger partial charge is 0.376 e. The maximum absolute atomic E-state index is 12.1. The Bertz CT molecular complexity index is 642. The summed E-state index contributed by atoms with van der Waals surface area (Å²) in [6.45, 7) is 3.33. The zero-order valence-electron chi connectivity index (χ0n) is 13.9. The predicted molar refractivity (Wildman–Crippen MR) is 88.9 cm³/mol. The Morgan fingerprint density at radius 2 is 2.08 bits per heavy atom. The molecular formula is C17H23N5O2. The molecule has 1 aromatic heterocycles. The van der Waals surface area contributed by atoms with Gasteiger partial charge in [0.25, 0.3) is 5.91 Å². The SMILES string of the molecule is C[C@@H]1CCCC[C@@H]1OCCNC(=O)c1ccc(-n2cnnn2)cc1. The fourth-order valence-corrected chi connectivity index (χ4v) is 3.05. The van der Waals surface area contributed by atoms with E-state index in [1.165, 1.54) is 25.6 Å².